The zero-order valence-electron chi connectivity index (χ0n) is 14.6. The fourth-order valence-electron chi connectivity index (χ4n) is 2.95. The SMILES string of the molecule is COc1ccc(CCN(C)C(=O)C2CCN(S(C)(=O)=O)CC2)cc1. The quantitative estimate of drug-likeness (QED) is 0.774. The second-order valence-electron chi connectivity index (χ2n) is 6.29. The second kappa shape index (κ2) is 7.98. The van der Waals surface area contributed by atoms with E-state index >= 15 is 0 Å². The van der Waals surface area contributed by atoms with Gasteiger partial charge in [-0.15, -0.1) is 0 Å². The molecule has 6 nitrogen and oxygen atoms in total. The lowest BCUT2D eigenvalue weighted by molar-refractivity contribution is -0.135. The summed E-state index contributed by atoms with van der Waals surface area (Å²) in [5, 5.41) is 0. The van der Waals surface area contributed by atoms with Crippen LogP contribution >= 0.6 is 0 Å². The molecule has 0 atom stereocenters. The molecule has 2 rings (SSSR count). The van der Waals surface area contributed by atoms with Crippen LogP contribution in [0, 0.1) is 5.92 Å². The van der Waals surface area contributed by atoms with Crippen LogP contribution in [0.1, 0.15) is 18.4 Å². The summed E-state index contributed by atoms with van der Waals surface area (Å²) >= 11 is 0. The number of carbonyl (C=O) groups excluding carboxylic acids is 1. The second-order valence-corrected chi connectivity index (χ2v) is 8.28. The van der Waals surface area contributed by atoms with Crippen LogP contribution in [-0.2, 0) is 21.2 Å². The molecule has 1 aromatic rings. The van der Waals surface area contributed by atoms with Gasteiger partial charge in [0.05, 0.1) is 13.4 Å². The molecule has 0 unspecified atom stereocenters. The third-order valence-electron chi connectivity index (χ3n) is 4.54. The van der Waals surface area contributed by atoms with Crippen molar-refractivity contribution in [2.24, 2.45) is 5.92 Å². The molecule has 1 fully saturated rings. The van der Waals surface area contributed by atoms with E-state index in [1.54, 1.807) is 12.0 Å². The molecule has 0 bridgehead atoms. The highest BCUT2D eigenvalue weighted by molar-refractivity contribution is 7.88. The smallest absolute Gasteiger partial charge is 0.225 e. The summed E-state index contributed by atoms with van der Waals surface area (Å²) in [4.78, 5) is 14.3. The van der Waals surface area contributed by atoms with E-state index < -0.39 is 10.0 Å². The molecule has 0 saturated carbocycles. The predicted octanol–water partition coefficient (Wildman–Crippen LogP) is 1.37. The first kappa shape index (κ1) is 18.7. The summed E-state index contributed by atoms with van der Waals surface area (Å²) < 4.78 is 29.6. The number of rotatable bonds is 6. The first-order valence-corrected chi connectivity index (χ1v) is 9.99. The van der Waals surface area contributed by atoms with E-state index in [9.17, 15) is 13.2 Å². The number of piperidine rings is 1. The Hall–Kier alpha value is -1.60. The number of hydrogen-bond acceptors (Lipinski definition) is 4. The molecule has 1 aliphatic rings. The van der Waals surface area contributed by atoms with Crippen LogP contribution in [0.3, 0.4) is 0 Å². The average molecular weight is 354 g/mol. The first-order valence-electron chi connectivity index (χ1n) is 8.14. The minimum absolute atomic E-state index is 0.0798. The van der Waals surface area contributed by atoms with Crippen LogP contribution in [-0.4, -0.2) is 63.6 Å². The van der Waals surface area contributed by atoms with E-state index in [1.807, 2.05) is 31.3 Å². The summed E-state index contributed by atoms with van der Waals surface area (Å²) in [6.07, 6.45) is 3.20. The molecule has 0 aliphatic carbocycles. The van der Waals surface area contributed by atoms with Gasteiger partial charge in [0.25, 0.3) is 0 Å². The molecule has 1 amide bonds. The topological polar surface area (TPSA) is 66.9 Å². The van der Waals surface area contributed by atoms with Gasteiger partial charge in [0.1, 0.15) is 5.75 Å². The molecule has 0 N–H and O–H groups in total. The van der Waals surface area contributed by atoms with Gasteiger partial charge in [-0.2, -0.15) is 0 Å². The van der Waals surface area contributed by atoms with Gasteiger partial charge in [-0.05, 0) is 37.0 Å². The van der Waals surface area contributed by atoms with Crippen LogP contribution < -0.4 is 4.74 Å². The van der Waals surface area contributed by atoms with E-state index in [0.29, 0.717) is 32.5 Å². The molecule has 134 valence electrons. The normalized spacial score (nSPS) is 16.8. The first-order chi connectivity index (χ1) is 11.3. The summed E-state index contributed by atoms with van der Waals surface area (Å²) in [7, 11) is 0.301. The number of likely N-dealkylation sites (N-methyl/N-ethyl adjacent to an activating group) is 1. The van der Waals surface area contributed by atoms with Gasteiger partial charge in [-0.3, -0.25) is 4.79 Å². The lowest BCUT2D eigenvalue weighted by Gasteiger charge is -2.31. The fraction of sp³-hybridized carbons (Fsp3) is 0.588. The van der Waals surface area contributed by atoms with Crippen molar-refractivity contribution < 1.29 is 17.9 Å². The largest absolute Gasteiger partial charge is 0.497 e. The molecule has 0 radical (unpaired) electrons. The maximum atomic E-state index is 12.5. The van der Waals surface area contributed by atoms with Gasteiger partial charge in [-0.25, -0.2) is 12.7 Å². The number of nitrogens with zero attached hydrogens (tertiary/aromatic N) is 2. The van der Waals surface area contributed by atoms with Crippen LogP contribution in [0.4, 0.5) is 0 Å². The van der Waals surface area contributed by atoms with Gasteiger partial charge in [0.2, 0.25) is 15.9 Å². The summed E-state index contributed by atoms with van der Waals surface area (Å²) in [6, 6.07) is 7.83. The maximum Gasteiger partial charge on any atom is 0.225 e. The summed E-state index contributed by atoms with van der Waals surface area (Å²) in [5.41, 5.74) is 1.15. The van der Waals surface area contributed by atoms with Gasteiger partial charge in [0.15, 0.2) is 0 Å². The minimum atomic E-state index is -3.15. The van der Waals surface area contributed by atoms with Crippen molar-refractivity contribution in [3.8, 4) is 5.75 Å². The Balaban J connectivity index is 1.82. The van der Waals surface area contributed by atoms with Gasteiger partial charge < -0.3 is 9.64 Å². The molecule has 1 aliphatic heterocycles. The Bertz CT molecular complexity index is 650. The van der Waals surface area contributed by atoms with Crippen molar-refractivity contribution in [3.05, 3.63) is 29.8 Å². The van der Waals surface area contributed by atoms with Gasteiger partial charge in [0, 0.05) is 32.6 Å². The fourth-order valence-corrected chi connectivity index (χ4v) is 3.82. The zero-order chi connectivity index (χ0) is 17.7. The lowest BCUT2D eigenvalue weighted by atomic mass is 9.96. The molecule has 0 aromatic heterocycles. The highest BCUT2D eigenvalue weighted by atomic mass is 32.2. The highest BCUT2D eigenvalue weighted by Gasteiger charge is 2.30. The van der Waals surface area contributed by atoms with Crippen LogP contribution in [0.25, 0.3) is 0 Å². The Morgan fingerprint density at radius 3 is 2.33 bits per heavy atom. The number of methoxy groups -OCH3 is 1. The highest BCUT2D eigenvalue weighted by Crippen LogP contribution is 2.21. The van der Waals surface area contributed by atoms with E-state index in [0.717, 1.165) is 17.7 Å². The number of benzene rings is 1. The van der Waals surface area contributed by atoms with Crippen molar-refractivity contribution in [2.45, 2.75) is 19.3 Å². The van der Waals surface area contributed by atoms with E-state index in [1.165, 1.54) is 10.6 Å². The standard InChI is InChI=1S/C17H26N2O4S/c1-18(11-8-14-4-6-16(23-2)7-5-14)17(20)15-9-12-19(13-10-15)24(3,21)22/h4-7,15H,8-13H2,1-3H3. The Morgan fingerprint density at radius 1 is 1.25 bits per heavy atom. The number of sulfonamides is 1. The lowest BCUT2D eigenvalue weighted by Crippen LogP contribution is -2.43. The monoisotopic (exact) mass is 354 g/mol. The number of ether oxygens (including phenoxy) is 1. The van der Waals surface area contributed by atoms with Crippen molar-refractivity contribution in [1.29, 1.82) is 0 Å². The van der Waals surface area contributed by atoms with Crippen LogP contribution in [0.5, 0.6) is 5.75 Å². The van der Waals surface area contributed by atoms with Crippen molar-refractivity contribution in [3.63, 3.8) is 0 Å². The van der Waals surface area contributed by atoms with E-state index in [-0.39, 0.29) is 11.8 Å². The number of carbonyl (C=O) groups is 1. The predicted molar refractivity (Wildman–Crippen MR) is 93.5 cm³/mol. The molecule has 1 saturated heterocycles. The Labute approximate surface area is 144 Å². The van der Waals surface area contributed by atoms with E-state index in [2.05, 4.69) is 0 Å². The van der Waals surface area contributed by atoms with Crippen molar-refractivity contribution >= 4 is 15.9 Å². The van der Waals surface area contributed by atoms with Crippen molar-refractivity contribution in [2.75, 3.05) is 40.0 Å². The zero-order valence-corrected chi connectivity index (χ0v) is 15.4. The minimum Gasteiger partial charge on any atom is -0.497 e. The van der Waals surface area contributed by atoms with E-state index in [4.69, 9.17) is 4.74 Å². The van der Waals surface area contributed by atoms with Gasteiger partial charge >= 0.3 is 0 Å². The average Bonchev–Trinajstić information content (AvgIpc) is 2.58. The summed E-state index contributed by atoms with van der Waals surface area (Å²) in [6.45, 7) is 1.51. The van der Waals surface area contributed by atoms with Crippen LogP contribution in [0.15, 0.2) is 24.3 Å². The maximum absolute atomic E-state index is 12.5. The third-order valence-corrected chi connectivity index (χ3v) is 5.85. The molecule has 24 heavy (non-hydrogen) atoms. The van der Waals surface area contributed by atoms with Crippen LogP contribution in [0.2, 0.25) is 0 Å². The molecule has 0 spiro atoms. The molecule has 1 aromatic carbocycles. The number of amides is 1. The third kappa shape index (κ3) is 4.95. The molecular formula is C17H26N2O4S. The molecule has 7 heteroatoms. The Morgan fingerprint density at radius 2 is 1.83 bits per heavy atom. The number of hydrogen-bond donors (Lipinski definition) is 0. The molecule has 1 heterocycles. The Kier molecular flexibility index (Phi) is 6.23. The van der Waals surface area contributed by atoms with Crippen molar-refractivity contribution in [1.82, 2.24) is 9.21 Å². The molecular weight excluding hydrogens is 328 g/mol. The summed E-state index contributed by atoms with van der Waals surface area (Å²) in [5.74, 6) is 0.848. The van der Waals surface area contributed by atoms with Gasteiger partial charge in [-0.1, -0.05) is 12.1 Å².